The number of aromatic nitrogens is 1. The number of thiophene rings is 1. The van der Waals surface area contributed by atoms with E-state index in [9.17, 15) is 14.4 Å². The Morgan fingerprint density at radius 2 is 1.98 bits per heavy atom. The molecule has 3 fully saturated rings. The largest absolute Gasteiger partial charge is 0.461 e. The first-order valence-corrected chi connectivity index (χ1v) is 16.6. The average molecular weight is 631 g/mol. The first-order valence-electron chi connectivity index (χ1n) is 15.4. The summed E-state index contributed by atoms with van der Waals surface area (Å²) in [7, 11) is 0. The number of halogens is 1. The van der Waals surface area contributed by atoms with Gasteiger partial charge in [0.05, 0.1) is 21.3 Å². The number of carbonyl (C=O) groups excluding carboxylic acids is 3. The third-order valence-electron chi connectivity index (χ3n) is 9.10. The third kappa shape index (κ3) is 7.68. The van der Waals surface area contributed by atoms with Crippen molar-refractivity contribution in [1.29, 1.82) is 0 Å². The van der Waals surface area contributed by atoms with Crippen molar-refractivity contribution in [2.45, 2.75) is 101 Å². The smallest absolute Gasteiger partial charge is 0.323 e. The molecule has 10 nitrogen and oxygen atoms in total. The molecule has 3 saturated carbocycles. The monoisotopic (exact) mass is 630 g/mol. The maximum Gasteiger partial charge on any atom is 0.323 e. The zero-order chi connectivity index (χ0) is 30.6. The molecule has 5 rings (SSSR count). The minimum atomic E-state index is -0.898. The van der Waals surface area contributed by atoms with Crippen molar-refractivity contribution in [3.8, 4) is 0 Å². The molecule has 2 heterocycles. The number of ether oxygens (including phenoxy) is 1. The highest BCUT2D eigenvalue weighted by Crippen LogP contribution is 2.54. The molecule has 0 spiro atoms. The van der Waals surface area contributed by atoms with Crippen molar-refractivity contribution in [3.63, 3.8) is 0 Å². The number of anilines is 1. The van der Waals surface area contributed by atoms with Crippen LogP contribution < -0.4 is 27.4 Å². The number of hydrogen-bond donors (Lipinski definition) is 5. The molecule has 0 radical (unpaired) electrons. The van der Waals surface area contributed by atoms with Crippen molar-refractivity contribution in [2.75, 3.05) is 11.9 Å². The topological polar surface area (TPSA) is 161 Å². The summed E-state index contributed by atoms with van der Waals surface area (Å²) < 4.78 is 5.55. The van der Waals surface area contributed by atoms with Crippen LogP contribution in [0.2, 0.25) is 5.02 Å². The number of rotatable bonds is 14. The van der Waals surface area contributed by atoms with Crippen LogP contribution in [0.1, 0.15) is 84.5 Å². The van der Waals surface area contributed by atoms with E-state index in [1.165, 1.54) is 24.2 Å². The lowest BCUT2D eigenvalue weighted by Crippen LogP contribution is -2.57. The standard InChI is InChI=1S/C31H43ClN6O4S/c1-18-26(12-20(32)16-35-18)36-17-23-9-10-27(43-23)28(39)38-31(15-24(31)19-6-2-3-7-19)30(41)37-21-13-22(14-21)42-29(40)25(34)8-4-5-11-33/h9-10,12,16,19,21-22,24-25,36H,2-8,11,13-15,17,33-34H2,1H3,(H,37,41)(H,38,39)/t21?,22?,24?,25-,31?/m0/s1. The lowest BCUT2D eigenvalue weighted by atomic mass is 9.88. The number of unbranched alkanes of at least 4 members (excludes halogenated alkanes) is 1. The summed E-state index contributed by atoms with van der Waals surface area (Å²) in [5.41, 5.74) is 12.3. The zero-order valence-electron chi connectivity index (χ0n) is 24.7. The van der Waals surface area contributed by atoms with Gasteiger partial charge in [0, 0.05) is 36.5 Å². The predicted octanol–water partition coefficient (Wildman–Crippen LogP) is 4.04. The Kier molecular flexibility index (Phi) is 10.3. The number of nitrogens with one attached hydrogen (secondary N) is 3. The molecule has 7 N–H and O–H groups in total. The van der Waals surface area contributed by atoms with E-state index < -0.39 is 17.6 Å². The summed E-state index contributed by atoms with van der Waals surface area (Å²) in [6.45, 7) is 3.01. The molecule has 234 valence electrons. The summed E-state index contributed by atoms with van der Waals surface area (Å²) in [6.07, 6.45) is 9.79. The summed E-state index contributed by atoms with van der Waals surface area (Å²) >= 11 is 7.49. The van der Waals surface area contributed by atoms with E-state index >= 15 is 0 Å². The molecule has 0 bridgehead atoms. The maximum atomic E-state index is 13.7. The summed E-state index contributed by atoms with van der Waals surface area (Å²) in [4.78, 5) is 45.3. The van der Waals surface area contributed by atoms with Crippen molar-refractivity contribution < 1.29 is 19.1 Å². The van der Waals surface area contributed by atoms with Gasteiger partial charge in [0.15, 0.2) is 0 Å². The molecule has 3 aliphatic rings. The molecule has 12 heteroatoms. The minimum absolute atomic E-state index is 0.0961. The number of nitrogens with two attached hydrogens (primary N) is 2. The SMILES string of the molecule is Cc1ncc(Cl)cc1NCc1ccc(C(=O)NC2(C(=O)NC3CC(OC(=O)[C@@H](N)CCCCN)C3)CC2C2CCCC2)s1. The van der Waals surface area contributed by atoms with Gasteiger partial charge in [-0.1, -0.05) is 43.7 Å². The number of nitrogens with zero attached hydrogens (tertiary/aromatic N) is 1. The normalized spacial score (nSPS) is 25.4. The lowest BCUT2D eigenvalue weighted by Gasteiger charge is -2.36. The average Bonchev–Trinajstić information content (AvgIpc) is 3.31. The van der Waals surface area contributed by atoms with Crippen molar-refractivity contribution >= 4 is 46.4 Å². The molecule has 0 aliphatic heterocycles. The van der Waals surface area contributed by atoms with Gasteiger partial charge in [0.2, 0.25) is 5.91 Å². The second-order valence-corrected chi connectivity index (χ2v) is 13.9. The Morgan fingerprint density at radius 3 is 2.72 bits per heavy atom. The first kappa shape index (κ1) is 31.7. The van der Waals surface area contributed by atoms with Crippen LogP contribution in [-0.2, 0) is 20.9 Å². The Morgan fingerprint density at radius 1 is 1.21 bits per heavy atom. The molecule has 2 amide bonds. The van der Waals surface area contributed by atoms with Crippen LogP contribution in [0, 0.1) is 18.8 Å². The molecule has 3 atom stereocenters. The Labute approximate surface area is 262 Å². The Balaban J connectivity index is 1.15. The van der Waals surface area contributed by atoms with Gasteiger partial charge < -0.3 is 32.2 Å². The number of pyridine rings is 1. The number of hydrogen-bond acceptors (Lipinski definition) is 9. The van der Waals surface area contributed by atoms with E-state index in [0.29, 0.717) is 54.6 Å². The second kappa shape index (κ2) is 13.9. The highest BCUT2D eigenvalue weighted by atomic mass is 35.5. The van der Waals surface area contributed by atoms with Crippen molar-refractivity contribution in [1.82, 2.24) is 15.6 Å². The molecule has 3 aliphatic carbocycles. The van der Waals surface area contributed by atoms with E-state index in [4.69, 9.17) is 27.8 Å². The first-order chi connectivity index (χ1) is 20.7. The zero-order valence-corrected chi connectivity index (χ0v) is 26.3. The van der Waals surface area contributed by atoms with E-state index in [0.717, 1.165) is 41.9 Å². The van der Waals surface area contributed by atoms with Gasteiger partial charge in [-0.3, -0.25) is 19.4 Å². The fourth-order valence-electron chi connectivity index (χ4n) is 6.38. The number of carbonyl (C=O) groups is 3. The fraction of sp³-hybridized carbons (Fsp3) is 0.613. The van der Waals surface area contributed by atoms with Crippen LogP contribution in [0.3, 0.4) is 0 Å². The second-order valence-electron chi connectivity index (χ2n) is 12.3. The predicted molar refractivity (Wildman–Crippen MR) is 168 cm³/mol. The summed E-state index contributed by atoms with van der Waals surface area (Å²) in [5.74, 6) is -0.174. The van der Waals surface area contributed by atoms with Gasteiger partial charge in [-0.05, 0) is 62.8 Å². The molecule has 43 heavy (non-hydrogen) atoms. The number of esters is 1. The lowest BCUT2D eigenvalue weighted by molar-refractivity contribution is -0.156. The molecular formula is C31H43ClN6O4S. The number of aryl methyl sites for hydroxylation is 1. The van der Waals surface area contributed by atoms with Gasteiger partial charge in [0.25, 0.3) is 5.91 Å². The van der Waals surface area contributed by atoms with Crippen molar-refractivity contribution in [2.24, 2.45) is 23.3 Å². The number of amides is 2. The maximum absolute atomic E-state index is 13.7. The van der Waals surface area contributed by atoms with Crippen molar-refractivity contribution in [3.05, 3.63) is 44.9 Å². The van der Waals surface area contributed by atoms with Crippen LogP contribution in [0.15, 0.2) is 24.4 Å². The van der Waals surface area contributed by atoms with Gasteiger partial charge in [-0.2, -0.15) is 0 Å². The van der Waals surface area contributed by atoms with Crippen LogP contribution in [0.25, 0.3) is 0 Å². The molecule has 2 aromatic heterocycles. The molecule has 2 unspecified atom stereocenters. The van der Waals surface area contributed by atoms with E-state index in [1.807, 2.05) is 25.1 Å². The quantitative estimate of drug-likeness (QED) is 0.154. The Bertz CT molecular complexity index is 1310. The molecule has 0 saturated heterocycles. The van der Waals surface area contributed by atoms with Crippen LogP contribution in [0.5, 0.6) is 0 Å². The molecular weight excluding hydrogens is 588 g/mol. The van der Waals surface area contributed by atoms with Gasteiger partial charge in [-0.25, -0.2) is 0 Å². The molecule has 2 aromatic rings. The fourth-order valence-corrected chi connectivity index (χ4v) is 7.38. The highest BCUT2D eigenvalue weighted by Gasteiger charge is 2.64. The van der Waals surface area contributed by atoms with Crippen LogP contribution >= 0.6 is 22.9 Å². The third-order valence-corrected chi connectivity index (χ3v) is 10.4. The van der Waals surface area contributed by atoms with Gasteiger partial charge in [-0.15, -0.1) is 11.3 Å². The summed E-state index contributed by atoms with van der Waals surface area (Å²) in [5, 5.41) is 10.2. The highest BCUT2D eigenvalue weighted by molar-refractivity contribution is 7.14. The van der Waals surface area contributed by atoms with E-state index in [-0.39, 0.29) is 29.9 Å². The Hall–Kier alpha value is -2.73. The van der Waals surface area contributed by atoms with Crippen LogP contribution in [-0.4, -0.2) is 53.0 Å². The minimum Gasteiger partial charge on any atom is -0.461 e. The van der Waals surface area contributed by atoms with Gasteiger partial charge in [0.1, 0.15) is 17.7 Å². The summed E-state index contributed by atoms with van der Waals surface area (Å²) in [6, 6.07) is 4.82. The van der Waals surface area contributed by atoms with Gasteiger partial charge >= 0.3 is 5.97 Å². The van der Waals surface area contributed by atoms with E-state index in [2.05, 4.69) is 20.9 Å². The molecule has 0 aromatic carbocycles. The van der Waals surface area contributed by atoms with E-state index in [1.54, 1.807) is 6.20 Å². The van der Waals surface area contributed by atoms with Crippen LogP contribution in [0.4, 0.5) is 5.69 Å².